The van der Waals surface area contributed by atoms with Crippen LogP contribution < -0.4 is 4.90 Å². The maximum absolute atomic E-state index is 11.0. The Morgan fingerprint density at radius 3 is 3.12 bits per heavy atom. The minimum absolute atomic E-state index is 0.143. The van der Waals surface area contributed by atoms with E-state index in [1.807, 2.05) is 0 Å². The number of hydrogen-bond donors (Lipinski definition) is 0. The fraction of sp³-hybridized carbons (Fsp3) is 0.538. The molecule has 1 aliphatic heterocycles. The molecule has 0 bridgehead atoms. The molecule has 4 heteroatoms. The topological polar surface area (TPSA) is 42.4 Å². The van der Waals surface area contributed by atoms with Crippen LogP contribution in [0.2, 0.25) is 0 Å². The summed E-state index contributed by atoms with van der Waals surface area (Å²) in [6.45, 7) is 3.81. The first kappa shape index (κ1) is 12.0. The minimum atomic E-state index is -0.143. The van der Waals surface area contributed by atoms with Crippen LogP contribution >= 0.6 is 0 Å². The van der Waals surface area contributed by atoms with Gasteiger partial charge < -0.3 is 9.64 Å². The summed E-state index contributed by atoms with van der Waals surface area (Å²) >= 11 is 0. The summed E-state index contributed by atoms with van der Waals surface area (Å²) in [5, 5.41) is 0. The van der Waals surface area contributed by atoms with Gasteiger partial charge in [0.25, 0.3) is 0 Å². The predicted octanol–water partition coefficient (Wildman–Crippen LogP) is 1.90. The Kier molecular flexibility index (Phi) is 3.43. The van der Waals surface area contributed by atoms with Crippen molar-refractivity contribution in [2.75, 3.05) is 25.1 Å². The lowest BCUT2D eigenvalue weighted by Gasteiger charge is -2.40. The molecule has 1 aromatic rings. The lowest BCUT2D eigenvalue weighted by atomic mass is 9.94. The molecule has 4 nitrogen and oxygen atoms in total. The zero-order valence-electron chi connectivity index (χ0n) is 10.3. The molecule has 92 valence electrons. The normalized spacial score (nSPS) is 24.7. The first-order chi connectivity index (χ1) is 8.18. The number of ether oxygens (including phenoxy) is 1. The number of nitrogens with zero attached hydrogens (tertiary/aromatic N) is 2. The zero-order valence-corrected chi connectivity index (χ0v) is 10.3. The lowest BCUT2D eigenvalue weighted by molar-refractivity contribution is -0.00484. The van der Waals surface area contributed by atoms with Crippen LogP contribution in [0.25, 0.3) is 0 Å². The van der Waals surface area contributed by atoms with E-state index in [0.29, 0.717) is 5.56 Å². The van der Waals surface area contributed by atoms with E-state index in [0.717, 1.165) is 38.0 Å². The number of aromatic nitrogens is 1. The minimum Gasteiger partial charge on any atom is -0.377 e. The Balaban J connectivity index is 2.25. The smallest absolute Gasteiger partial charge is 0.153 e. The van der Waals surface area contributed by atoms with E-state index in [4.69, 9.17) is 4.74 Å². The van der Waals surface area contributed by atoms with E-state index in [2.05, 4.69) is 16.8 Å². The molecule has 2 rings (SSSR count). The van der Waals surface area contributed by atoms with Crippen molar-refractivity contribution < 1.29 is 9.53 Å². The Bertz CT molecular complexity index is 408. The van der Waals surface area contributed by atoms with Gasteiger partial charge in [0.05, 0.1) is 11.2 Å². The molecule has 17 heavy (non-hydrogen) atoms. The van der Waals surface area contributed by atoms with Gasteiger partial charge in [0, 0.05) is 26.4 Å². The van der Waals surface area contributed by atoms with Crippen LogP contribution in [0, 0.1) is 0 Å². The molecule has 1 aromatic heterocycles. The number of aldehydes is 1. The van der Waals surface area contributed by atoms with Gasteiger partial charge in [0.1, 0.15) is 5.82 Å². The van der Waals surface area contributed by atoms with Gasteiger partial charge in [-0.3, -0.25) is 4.79 Å². The maximum Gasteiger partial charge on any atom is 0.153 e. The van der Waals surface area contributed by atoms with Gasteiger partial charge in [-0.1, -0.05) is 0 Å². The Hall–Kier alpha value is -1.42. The molecular formula is C13H18N2O2. The standard InChI is InChI=1S/C13H18N2O2/c1-13(17-2)6-4-8-15(10-13)12-11(9-16)5-3-7-14-12/h3,5,7,9H,4,6,8,10H2,1-2H3. The van der Waals surface area contributed by atoms with E-state index in [1.165, 1.54) is 0 Å². The molecule has 1 aliphatic rings. The highest BCUT2D eigenvalue weighted by Gasteiger charge is 2.31. The van der Waals surface area contributed by atoms with Crippen molar-refractivity contribution in [2.24, 2.45) is 0 Å². The quantitative estimate of drug-likeness (QED) is 0.749. The summed E-state index contributed by atoms with van der Waals surface area (Å²) in [7, 11) is 1.74. The third-order valence-corrected chi connectivity index (χ3v) is 3.40. The summed E-state index contributed by atoms with van der Waals surface area (Å²) in [4.78, 5) is 17.5. The summed E-state index contributed by atoms with van der Waals surface area (Å²) in [5.74, 6) is 0.769. The highest BCUT2D eigenvalue weighted by Crippen LogP contribution is 2.28. The SMILES string of the molecule is COC1(C)CCCN(c2ncccc2C=O)C1. The number of rotatable bonds is 3. The van der Waals surface area contributed by atoms with E-state index < -0.39 is 0 Å². The summed E-state index contributed by atoms with van der Waals surface area (Å²) in [6, 6.07) is 3.58. The molecule has 0 N–H and O–H groups in total. The molecular weight excluding hydrogens is 216 g/mol. The average Bonchev–Trinajstić information content (AvgIpc) is 2.39. The molecule has 1 fully saturated rings. The van der Waals surface area contributed by atoms with E-state index in [-0.39, 0.29) is 5.60 Å². The highest BCUT2D eigenvalue weighted by molar-refractivity contribution is 5.82. The van der Waals surface area contributed by atoms with Crippen LogP contribution in [0.1, 0.15) is 30.1 Å². The van der Waals surface area contributed by atoms with Gasteiger partial charge >= 0.3 is 0 Å². The molecule has 1 unspecified atom stereocenters. The number of methoxy groups -OCH3 is 1. The van der Waals surface area contributed by atoms with Gasteiger partial charge in [-0.2, -0.15) is 0 Å². The van der Waals surface area contributed by atoms with Crippen molar-refractivity contribution in [3.63, 3.8) is 0 Å². The van der Waals surface area contributed by atoms with Gasteiger partial charge in [0.2, 0.25) is 0 Å². The summed E-state index contributed by atoms with van der Waals surface area (Å²) < 4.78 is 5.55. The van der Waals surface area contributed by atoms with Crippen molar-refractivity contribution in [1.29, 1.82) is 0 Å². The van der Waals surface area contributed by atoms with Crippen LogP contribution in [0.15, 0.2) is 18.3 Å². The molecule has 0 radical (unpaired) electrons. The molecule has 2 heterocycles. The van der Waals surface area contributed by atoms with E-state index in [1.54, 1.807) is 25.4 Å². The Morgan fingerprint density at radius 1 is 1.59 bits per heavy atom. The first-order valence-corrected chi connectivity index (χ1v) is 5.89. The number of hydrogen-bond acceptors (Lipinski definition) is 4. The van der Waals surface area contributed by atoms with Crippen molar-refractivity contribution in [3.8, 4) is 0 Å². The molecule has 0 aromatic carbocycles. The molecule has 0 saturated carbocycles. The molecule has 1 saturated heterocycles. The van der Waals surface area contributed by atoms with Crippen LogP contribution in [-0.4, -0.2) is 37.1 Å². The highest BCUT2D eigenvalue weighted by atomic mass is 16.5. The second kappa shape index (κ2) is 4.84. The second-order valence-electron chi connectivity index (χ2n) is 4.71. The third-order valence-electron chi connectivity index (χ3n) is 3.40. The van der Waals surface area contributed by atoms with Gasteiger partial charge in [-0.25, -0.2) is 4.98 Å². The van der Waals surface area contributed by atoms with Crippen molar-refractivity contribution in [1.82, 2.24) is 4.98 Å². The van der Waals surface area contributed by atoms with Crippen LogP contribution in [0.5, 0.6) is 0 Å². The third kappa shape index (κ3) is 2.47. The molecule has 0 spiro atoms. The van der Waals surface area contributed by atoms with Gasteiger partial charge in [-0.05, 0) is 31.9 Å². The fourth-order valence-corrected chi connectivity index (χ4v) is 2.32. The van der Waals surface area contributed by atoms with Crippen molar-refractivity contribution >= 4 is 12.1 Å². The number of piperidine rings is 1. The largest absolute Gasteiger partial charge is 0.377 e. The average molecular weight is 234 g/mol. The van der Waals surface area contributed by atoms with Crippen molar-refractivity contribution in [3.05, 3.63) is 23.9 Å². The van der Waals surface area contributed by atoms with Crippen LogP contribution in [0.4, 0.5) is 5.82 Å². The van der Waals surface area contributed by atoms with Crippen LogP contribution in [0.3, 0.4) is 0 Å². The Morgan fingerprint density at radius 2 is 2.41 bits per heavy atom. The molecule has 0 aliphatic carbocycles. The van der Waals surface area contributed by atoms with E-state index in [9.17, 15) is 4.79 Å². The monoisotopic (exact) mass is 234 g/mol. The first-order valence-electron chi connectivity index (χ1n) is 5.89. The summed E-state index contributed by atoms with van der Waals surface area (Å²) in [6.07, 6.45) is 4.69. The fourth-order valence-electron chi connectivity index (χ4n) is 2.32. The summed E-state index contributed by atoms with van der Waals surface area (Å²) in [5.41, 5.74) is 0.503. The number of carbonyl (C=O) groups excluding carboxylic acids is 1. The molecule has 1 atom stereocenters. The number of pyridine rings is 1. The van der Waals surface area contributed by atoms with Gasteiger partial charge in [0.15, 0.2) is 6.29 Å². The second-order valence-corrected chi connectivity index (χ2v) is 4.71. The molecule has 0 amide bonds. The van der Waals surface area contributed by atoms with Crippen molar-refractivity contribution in [2.45, 2.75) is 25.4 Å². The van der Waals surface area contributed by atoms with Crippen LogP contribution in [-0.2, 0) is 4.74 Å². The lowest BCUT2D eigenvalue weighted by Crippen LogP contribution is -2.48. The maximum atomic E-state index is 11.0. The zero-order chi connectivity index (χ0) is 12.3. The number of carbonyl (C=O) groups is 1. The van der Waals surface area contributed by atoms with E-state index >= 15 is 0 Å². The number of anilines is 1. The predicted molar refractivity (Wildman–Crippen MR) is 66.5 cm³/mol. The Labute approximate surface area is 102 Å². The van der Waals surface area contributed by atoms with Gasteiger partial charge in [-0.15, -0.1) is 0 Å².